The van der Waals surface area contributed by atoms with Crippen LogP contribution in [0.2, 0.25) is 0 Å². The summed E-state index contributed by atoms with van der Waals surface area (Å²) in [7, 11) is 0. The van der Waals surface area contributed by atoms with E-state index in [-0.39, 0.29) is 24.4 Å². The summed E-state index contributed by atoms with van der Waals surface area (Å²) < 4.78 is 45.8. The van der Waals surface area contributed by atoms with E-state index in [1.807, 2.05) is 0 Å². The maximum Gasteiger partial charge on any atom is 0.418 e. The van der Waals surface area contributed by atoms with Crippen LogP contribution in [0.5, 0.6) is 0 Å². The molecule has 1 fully saturated rings. The summed E-state index contributed by atoms with van der Waals surface area (Å²) in [6, 6.07) is 11.5. The summed E-state index contributed by atoms with van der Waals surface area (Å²) in [5, 5.41) is 11.3. The zero-order valence-electron chi connectivity index (χ0n) is 19.6. The molecule has 0 unspecified atom stereocenters. The Hall–Kier alpha value is -3.84. The van der Waals surface area contributed by atoms with Crippen LogP contribution in [0.3, 0.4) is 0 Å². The standard InChI is InChI=1S/C25H21BrF3N5O4/c26-17-3-6-20(19(10-17)25(27,28)29)33-18-4-1-15(2-5-18)11-30-23(37)24(7-8-38-14-24)13-31-22(36)16-9-21(35)34-32-12-16/h1-6,9-10,12-13,33H,7-8,11,14H2,(H,30,37)(H,34,35)/t24-/m0/s1. The Balaban J connectivity index is 1.40. The molecule has 0 saturated carbocycles. The SMILES string of the molecule is O=C(N=C[C@@]1(C(=O)NCc2ccc(Nc3ccc(Br)cc3C(F)(F)F)cc2)CCOC1)c1cn[nH]c(=O)c1. The molecular weight excluding hydrogens is 571 g/mol. The largest absolute Gasteiger partial charge is 0.418 e. The summed E-state index contributed by atoms with van der Waals surface area (Å²) in [5.41, 5.74) is -1.49. The highest BCUT2D eigenvalue weighted by Crippen LogP contribution is 2.37. The van der Waals surface area contributed by atoms with Crippen LogP contribution >= 0.6 is 15.9 Å². The number of aliphatic imine (C=N–C) groups is 1. The summed E-state index contributed by atoms with van der Waals surface area (Å²) in [6.07, 6.45) is -1.82. The lowest BCUT2D eigenvalue weighted by Crippen LogP contribution is -2.42. The number of benzene rings is 2. The fourth-order valence-electron chi connectivity index (χ4n) is 3.75. The first-order valence-corrected chi connectivity index (χ1v) is 12.1. The van der Waals surface area contributed by atoms with Crippen molar-refractivity contribution in [3.8, 4) is 0 Å². The summed E-state index contributed by atoms with van der Waals surface area (Å²) >= 11 is 3.06. The molecule has 1 aromatic heterocycles. The van der Waals surface area contributed by atoms with Gasteiger partial charge in [-0.2, -0.15) is 18.3 Å². The third kappa shape index (κ3) is 6.53. The van der Waals surface area contributed by atoms with Gasteiger partial charge in [-0.1, -0.05) is 28.1 Å². The normalized spacial score (nSPS) is 17.5. The fraction of sp³-hybridized carbons (Fsp3) is 0.240. The molecule has 2 amide bonds. The fourth-order valence-corrected chi connectivity index (χ4v) is 4.11. The number of carbonyl (C=O) groups excluding carboxylic acids is 2. The minimum Gasteiger partial charge on any atom is -0.380 e. The number of ether oxygens (including phenoxy) is 1. The minimum absolute atomic E-state index is 0.0151. The molecule has 4 rings (SSSR count). The highest BCUT2D eigenvalue weighted by Gasteiger charge is 2.41. The second-order valence-corrected chi connectivity index (χ2v) is 9.46. The predicted molar refractivity (Wildman–Crippen MR) is 136 cm³/mol. The van der Waals surface area contributed by atoms with E-state index in [1.54, 1.807) is 24.3 Å². The summed E-state index contributed by atoms with van der Waals surface area (Å²) in [4.78, 5) is 40.6. The molecule has 9 nitrogen and oxygen atoms in total. The van der Waals surface area contributed by atoms with Crippen molar-refractivity contribution >= 4 is 45.3 Å². The summed E-state index contributed by atoms with van der Waals surface area (Å²) in [5.74, 6) is -1.12. The number of carbonyl (C=O) groups is 2. The smallest absolute Gasteiger partial charge is 0.380 e. The number of alkyl halides is 3. The van der Waals surface area contributed by atoms with Gasteiger partial charge in [-0.3, -0.25) is 14.4 Å². The second-order valence-electron chi connectivity index (χ2n) is 8.55. The van der Waals surface area contributed by atoms with E-state index in [9.17, 15) is 27.6 Å². The van der Waals surface area contributed by atoms with Crippen molar-refractivity contribution < 1.29 is 27.5 Å². The number of amides is 2. The number of halogens is 4. The third-order valence-electron chi connectivity index (χ3n) is 5.82. The molecule has 1 saturated heterocycles. The van der Waals surface area contributed by atoms with Crippen LogP contribution in [-0.2, 0) is 22.3 Å². The number of nitrogens with one attached hydrogen (secondary N) is 3. The number of hydrogen-bond acceptors (Lipinski definition) is 6. The van der Waals surface area contributed by atoms with Crippen LogP contribution in [-0.4, -0.2) is 41.4 Å². The second kappa shape index (κ2) is 11.3. The first kappa shape index (κ1) is 27.2. The molecule has 198 valence electrons. The monoisotopic (exact) mass is 591 g/mol. The van der Waals surface area contributed by atoms with Crippen molar-refractivity contribution in [2.24, 2.45) is 10.4 Å². The highest BCUT2D eigenvalue weighted by molar-refractivity contribution is 9.10. The molecule has 2 aromatic carbocycles. The molecule has 1 aliphatic heterocycles. The summed E-state index contributed by atoms with van der Waals surface area (Å²) in [6.45, 7) is 0.462. The molecule has 0 bridgehead atoms. The van der Waals surface area contributed by atoms with Gasteiger partial charge in [0.15, 0.2) is 0 Å². The first-order valence-electron chi connectivity index (χ1n) is 11.3. The number of aromatic nitrogens is 2. The van der Waals surface area contributed by atoms with Crippen molar-refractivity contribution in [2.45, 2.75) is 19.1 Å². The highest BCUT2D eigenvalue weighted by atomic mass is 79.9. The van der Waals surface area contributed by atoms with Gasteiger partial charge in [0.25, 0.3) is 11.5 Å². The number of anilines is 2. The van der Waals surface area contributed by atoms with Gasteiger partial charge in [-0.25, -0.2) is 10.1 Å². The van der Waals surface area contributed by atoms with Crippen LogP contribution in [0.25, 0.3) is 0 Å². The van der Waals surface area contributed by atoms with E-state index in [0.29, 0.717) is 28.8 Å². The van der Waals surface area contributed by atoms with Crippen LogP contribution in [0.1, 0.15) is 27.9 Å². The minimum atomic E-state index is -4.53. The van der Waals surface area contributed by atoms with E-state index in [0.717, 1.165) is 18.3 Å². The maximum absolute atomic E-state index is 13.4. The van der Waals surface area contributed by atoms with Gasteiger partial charge >= 0.3 is 6.18 Å². The van der Waals surface area contributed by atoms with Gasteiger partial charge in [-0.15, -0.1) is 0 Å². The van der Waals surface area contributed by atoms with E-state index in [1.165, 1.54) is 18.3 Å². The van der Waals surface area contributed by atoms with Gasteiger partial charge in [0, 0.05) is 35.6 Å². The molecule has 2 heterocycles. The Morgan fingerprint density at radius 1 is 1.18 bits per heavy atom. The number of aromatic amines is 1. The molecule has 13 heteroatoms. The van der Waals surface area contributed by atoms with Gasteiger partial charge in [-0.05, 0) is 42.3 Å². The lowest BCUT2D eigenvalue weighted by Gasteiger charge is -2.21. The van der Waals surface area contributed by atoms with Gasteiger partial charge < -0.3 is 15.4 Å². The van der Waals surface area contributed by atoms with Crippen LogP contribution in [0, 0.1) is 5.41 Å². The number of nitrogens with zero attached hydrogens (tertiary/aromatic N) is 2. The predicted octanol–water partition coefficient (Wildman–Crippen LogP) is 4.23. The first-order chi connectivity index (χ1) is 18.1. The Bertz CT molecular complexity index is 1420. The average molecular weight is 592 g/mol. The lowest BCUT2D eigenvalue weighted by atomic mass is 9.87. The molecule has 1 atom stereocenters. The van der Waals surface area contributed by atoms with Crippen LogP contribution in [0.15, 0.2) is 69.0 Å². The Kier molecular flexibility index (Phi) is 8.07. The molecule has 1 aliphatic rings. The lowest BCUT2D eigenvalue weighted by molar-refractivity contribution is -0.137. The zero-order chi connectivity index (χ0) is 27.3. The number of hydrogen-bond donors (Lipinski definition) is 3. The van der Waals surface area contributed by atoms with E-state index in [4.69, 9.17) is 4.74 Å². The van der Waals surface area contributed by atoms with Crippen LogP contribution in [0.4, 0.5) is 24.5 Å². The van der Waals surface area contributed by atoms with E-state index in [2.05, 4.69) is 41.8 Å². The molecule has 0 spiro atoms. The molecule has 3 N–H and O–H groups in total. The Morgan fingerprint density at radius 3 is 2.61 bits per heavy atom. The van der Waals surface area contributed by atoms with E-state index < -0.39 is 34.5 Å². The third-order valence-corrected chi connectivity index (χ3v) is 6.31. The van der Waals surface area contributed by atoms with Crippen molar-refractivity contribution in [3.63, 3.8) is 0 Å². The quantitative estimate of drug-likeness (QED) is 0.353. The Morgan fingerprint density at radius 2 is 1.95 bits per heavy atom. The Labute approximate surface area is 222 Å². The van der Waals surface area contributed by atoms with Gasteiger partial charge in [0.2, 0.25) is 5.91 Å². The topological polar surface area (TPSA) is 126 Å². The molecule has 3 aromatic rings. The zero-order valence-corrected chi connectivity index (χ0v) is 21.2. The van der Waals surface area contributed by atoms with Crippen molar-refractivity contribution in [1.29, 1.82) is 0 Å². The number of H-pyrrole nitrogens is 1. The molecule has 38 heavy (non-hydrogen) atoms. The maximum atomic E-state index is 13.4. The van der Waals surface area contributed by atoms with E-state index >= 15 is 0 Å². The molecule has 0 aliphatic carbocycles. The van der Waals surface area contributed by atoms with Crippen LogP contribution < -0.4 is 16.2 Å². The number of rotatable bonds is 7. The molecule has 0 radical (unpaired) electrons. The molecular formula is C25H21BrF3N5O4. The van der Waals surface area contributed by atoms with Gasteiger partial charge in [0.1, 0.15) is 5.41 Å². The average Bonchev–Trinajstić information content (AvgIpc) is 3.37. The van der Waals surface area contributed by atoms with Crippen molar-refractivity contribution in [1.82, 2.24) is 15.5 Å². The van der Waals surface area contributed by atoms with Crippen molar-refractivity contribution in [3.05, 3.63) is 86.2 Å². The van der Waals surface area contributed by atoms with Gasteiger partial charge in [0.05, 0.1) is 29.6 Å². The van der Waals surface area contributed by atoms with Crippen molar-refractivity contribution in [2.75, 3.05) is 18.5 Å².